The van der Waals surface area contributed by atoms with E-state index in [2.05, 4.69) is 26.1 Å². The lowest BCUT2D eigenvalue weighted by molar-refractivity contribution is -0.122. The Morgan fingerprint density at radius 1 is 1.31 bits per heavy atom. The van der Waals surface area contributed by atoms with E-state index in [1.54, 1.807) is 0 Å². The second kappa shape index (κ2) is 7.66. The highest BCUT2D eigenvalue weighted by atomic mass is 16.2. The summed E-state index contributed by atoms with van der Waals surface area (Å²) in [5.41, 5.74) is 5.83. The van der Waals surface area contributed by atoms with Gasteiger partial charge in [0, 0.05) is 6.54 Å². The number of nitrogens with one attached hydrogen (secondary N) is 1. The molecule has 3 N–H and O–H groups in total. The SMILES string of the molecule is CCCCCC(C)(C)CNC(=O)[C@H](N)CC. The maximum atomic E-state index is 11.5. The fourth-order valence-corrected chi connectivity index (χ4v) is 1.58. The third-order valence-corrected chi connectivity index (χ3v) is 2.97. The molecule has 0 aliphatic rings. The molecular weight excluding hydrogens is 200 g/mol. The van der Waals surface area contributed by atoms with Gasteiger partial charge in [-0.2, -0.15) is 0 Å². The molecule has 0 aromatic heterocycles. The normalized spacial score (nSPS) is 13.6. The molecule has 0 aromatic rings. The predicted molar refractivity (Wildman–Crippen MR) is 69.2 cm³/mol. The molecule has 0 aliphatic carbocycles. The molecule has 0 aliphatic heterocycles. The van der Waals surface area contributed by atoms with Crippen LogP contribution < -0.4 is 11.1 Å². The van der Waals surface area contributed by atoms with Crippen LogP contribution in [0.3, 0.4) is 0 Å². The van der Waals surface area contributed by atoms with Gasteiger partial charge in [-0.3, -0.25) is 4.79 Å². The first kappa shape index (κ1) is 15.4. The summed E-state index contributed by atoms with van der Waals surface area (Å²) in [4.78, 5) is 11.5. The minimum atomic E-state index is -0.355. The summed E-state index contributed by atoms with van der Waals surface area (Å²) in [7, 11) is 0. The molecule has 96 valence electrons. The van der Waals surface area contributed by atoms with Gasteiger partial charge < -0.3 is 11.1 Å². The van der Waals surface area contributed by atoms with Crippen molar-refractivity contribution in [2.45, 2.75) is 65.8 Å². The number of unbranched alkanes of at least 4 members (excludes halogenated alkanes) is 2. The molecule has 16 heavy (non-hydrogen) atoms. The zero-order chi connectivity index (χ0) is 12.6. The van der Waals surface area contributed by atoms with Crippen LogP contribution in [0.5, 0.6) is 0 Å². The Bertz CT molecular complexity index is 202. The van der Waals surface area contributed by atoms with Crippen LogP contribution in [0.4, 0.5) is 0 Å². The van der Waals surface area contributed by atoms with Crippen molar-refractivity contribution in [2.24, 2.45) is 11.1 Å². The number of hydrogen-bond donors (Lipinski definition) is 2. The number of carbonyl (C=O) groups excluding carboxylic acids is 1. The lowest BCUT2D eigenvalue weighted by atomic mass is 9.87. The Morgan fingerprint density at radius 3 is 2.44 bits per heavy atom. The van der Waals surface area contributed by atoms with Crippen molar-refractivity contribution in [3.63, 3.8) is 0 Å². The Kier molecular flexibility index (Phi) is 7.39. The lowest BCUT2D eigenvalue weighted by Crippen LogP contribution is -2.43. The van der Waals surface area contributed by atoms with Crippen molar-refractivity contribution in [2.75, 3.05) is 6.54 Å². The van der Waals surface area contributed by atoms with Gasteiger partial charge in [-0.05, 0) is 18.3 Å². The first-order valence-corrected chi connectivity index (χ1v) is 6.46. The zero-order valence-corrected chi connectivity index (χ0v) is 11.3. The minimum absolute atomic E-state index is 0.0222. The molecule has 0 aromatic carbocycles. The largest absolute Gasteiger partial charge is 0.354 e. The Morgan fingerprint density at radius 2 is 1.94 bits per heavy atom. The van der Waals surface area contributed by atoms with Crippen LogP contribution in [0.15, 0.2) is 0 Å². The first-order chi connectivity index (χ1) is 7.43. The number of nitrogens with two attached hydrogens (primary N) is 1. The van der Waals surface area contributed by atoms with Crippen LogP contribution in [0.25, 0.3) is 0 Å². The molecule has 1 atom stereocenters. The van der Waals surface area contributed by atoms with Gasteiger partial charge in [0.25, 0.3) is 0 Å². The van der Waals surface area contributed by atoms with Crippen molar-refractivity contribution in [1.29, 1.82) is 0 Å². The molecule has 0 spiro atoms. The summed E-state index contributed by atoms with van der Waals surface area (Å²) >= 11 is 0. The van der Waals surface area contributed by atoms with E-state index in [0.29, 0.717) is 6.42 Å². The van der Waals surface area contributed by atoms with E-state index in [0.717, 1.165) is 13.0 Å². The van der Waals surface area contributed by atoms with Crippen LogP contribution in [-0.4, -0.2) is 18.5 Å². The molecule has 0 radical (unpaired) electrons. The van der Waals surface area contributed by atoms with E-state index in [4.69, 9.17) is 5.73 Å². The van der Waals surface area contributed by atoms with Gasteiger partial charge in [0.2, 0.25) is 5.91 Å². The minimum Gasteiger partial charge on any atom is -0.354 e. The average molecular weight is 228 g/mol. The summed E-state index contributed by atoms with van der Waals surface area (Å²) in [5.74, 6) is -0.0222. The van der Waals surface area contributed by atoms with Crippen molar-refractivity contribution >= 4 is 5.91 Å². The highest BCUT2D eigenvalue weighted by molar-refractivity contribution is 5.81. The van der Waals surface area contributed by atoms with E-state index in [1.165, 1.54) is 19.3 Å². The smallest absolute Gasteiger partial charge is 0.236 e. The molecule has 0 unspecified atom stereocenters. The molecule has 0 heterocycles. The highest BCUT2D eigenvalue weighted by Crippen LogP contribution is 2.22. The van der Waals surface area contributed by atoms with Gasteiger partial charge >= 0.3 is 0 Å². The van der Waals surface area contributed by atoms with Crippen LogP contribution >= 0.6 is 0 Å². The average Bonchev–Trinajstić information content (AvgIpc) is 2.25. The summed E-state index contributed by atoms with van der Waals surface area (Å²) < 4.78 is 0. The maximum Gasteiger partial charge on any atom is 0.236 e. The second-order valence-electron chi connectivity index (χ2n) is 5.35. The number of amides is 1. The molecule has 3 nitrogen and oxygen atoms in total. The van der Waals surface area contributed by atoms with Crippen LogP contribution in [0.2, 0.25) is 0 Å². The van der Waals surface area contributed by atoms with Crippen LogP contribution in [0.1, 0.15) is 59.8 Å². The molecule has 0 saturated carbocycles. The van der Waals surface area contributed by atoms with Crippen molar-refractivity contribution in [3.8, 4) is 0 Å². The maximum absolute atomic E-state index is 11.5. The lowest BCUT2D eigenvalue weighted by Gasteiger charge is -2.25. The second-order valence-corrected chi connectivity index (χ2v) is 5.35. The van der Waals surface area contributed by atoms with Gasteiger partial charge in [0.05, 0.1) is 6.04 Å². The Balaban J connectivity index is 3.84. The van der Waals surface area contributed by atoms with Crippen molar-refractivity contribution in [1.82, 2.24) is 5.32 Å². The van der Waals surface area contributed by atoms with Gasteiger partial charge in [-0.25, -0.2) is 0 Å². The number of carbonyl (C=O) groups is 1. The summed E-state index contributed by atoms with van der Waals surface area (Å²) in [5, 5.41) is 2.94. The molecule has 0 rings (SSSR count). The molecule has 1 amide bonds. The quantitative estimate of drug-likeness (QED) is 0.627. The van der Waals surface area contributed by atoms with E-state index >= 15 is 0 Å². The Labute approximate surface area is 100 Å². The summed E-state index contributed by atoms with van der Waals surface area (Å²) in [6.45, 7) is 9.25. The fourth-order valence-electron chi connectivity index (χ4n) is 1.58. The van der Waals surface area contributed by atoms with Gasteiger partial charge in [-0.15, -0.1) is 0 Å². The fraction of sp³-hybridized carbons (Fsp3) is 0.923. The van der Waals surface area contributed by atoms with Crippen LogP contribution in [-0.2, 0) is 4.79 Å². The molecule has 0 fully saturated rings. The summed E-state index contributed by atoms with van der Waals surface area (Å²) in [6, 6.07) is -0.355. The van der Waals surface area contributed by atoms with E-state index < -0.39 is 0 Å². The Hall–Kier alpha value is -0.570. The monoisotopic (exact) mass is 228 g/mol. The van der Waals surface area contributed by atoms with Gasteiger partial charge in [0.15, 0.2) is 0 Å². The van der Waals surface area contributed by atoms with Gasteiger partial charge in [0.1, 0.15) is 0 Å². The third kappa shape index (κ3) is 6.83. The van der Waals surface area contributed by atoms with E-state index in [9.17, 15) is 4.79 Å². The molecule has 0 bridgehead atoms. The predicted octanol–water partition coefficient (Wildman–Crippen LogP) is 2.45. The molecule has 3 heteroatoms. The van der Waals surface area contributed by atoms with Crippen molar-refractivity contribution in [3.05, 3.63) is 0 Å². The third-order valence-electron chi connectivity index (χ3n) is 2.97. The topological polar surface area (TPSA) is 55.1 Å². The zero-order valence-electron chi connectivity index (χ0n) is 11.3. The first-order valence-electron chi connectivity index (χ1n) is 6.46. The van der Waals surface area contributed by atoms with Gasteiger partial charge in [-0.1, -0.05) is 47.0 Å². The standard InChI is InChI=1S/C13H28N2O/c1-5-7-8-9-13(3,4)10-15-12(16)11(14)6-2/h11H,5-10,14H2,1-4H3,(H,15,16)/t11-/m1/s1. The summed E-state index contributed by atoms with van der Waals surface area (Å²) in [6.07, 6.45) is 5.60. The highest BCUT2D eigenvalue weighted by Gasteiger charge is 2.19. The van der Waals surface area contributed by atoms with E-state index in [1.807, 2.05) is 6.92 Å². The molecule has 0 saturated heterocycles. The van der Waals surface area contributed by atoms with E-state index in [-0.39, 0.29) is 17.4 Å². The number of hydrogen-bond acceptors (Lipinski definition) is 2. The van der Waals surface area contributed by atoms with Crippen molar-refractivity contribution < 1.29 is 4.79 Å². The van der Waals surface area contributed by atoms with Crippen LogP contribution in [0, 0.1) is 5.41 Å². The number of rotatable bonds is 8. The molecular formula is C13H28N2O.